The number of hydrogen-bond acceptors (Lipinski definition) is 4. The van der Waals surface area contributed by atoms with Gasteiger partial charge in [-0.15, -0.1) is 0 Å². The Balaban J connectivity index is 1.44. The molecular formula is C23H27N5O2. The summed E-state index contributed by atoms with van der Waals surface area (Å²) >= 11 is 0. The Bertz CT molecular complexity index is 1100. The lowest BCUT2D eigenvalue weighted by Gasteiger charge is -2.21. The quantitative estimate of drug-likeness (QED) is 0.668. The molecule has 0 radical (unpaired) electrons. The molecule has 0 aromatic carbocycles. The molecule has 3 aromatic heterocycles. The van der Waals surface area contributed by atoms with Gasteiger partial charge in [0.25, 0.3) is 5.91 Å². The number of fused-ring (bicyclic) bond motifs is 1. The van der Waals surface area contributed by atoms with Crippen molar-refractivity contribution in [3.63, 3.8) is 0 Å². The van der Waals surface area contributed by atoms with Gasteiger partial charge in [-0.2, -0.15) is 0 Å². The molecule has 1 atom stereocenters. The van der Waals surface area contributed by atoms with Crippen molar-refractivity contribution in [3.05, 3.63) is 58.9 Å². The molecule has 2 aliphatic rings. The Kier molecular flexibility index (Phi) is 5.11. The maximum atomic E-state index is 13.5. The number of hydrogen-bond donors (Lipinski definition) is 0. The highest BCUT2D eigenvalue weighted by Crippen LogP contribution is 2.28. The Morgan fingerprint density at radius 1 is 1.03 bits per heavy atom. The first-order valence-corrected chi connectivity index (χ1v) is 11.0. The van der Waals surface area contributed by atoms with E-state index in [0.717, 1.165) is 24.1 Å². The standard InChI is InChI=1S/C23H27N5O2/c29-22(18-8-12-24-13-9-18)26-14-10-19(16-26)28-21-20(7-4-11-25-21)27(23(28)30)15-17-5-2-1-3-6-17/h4,7-9,11-13,17,19H,1-3,5-6,10,14-16H2/t19-/m1/s1. The van der Waals surface area contributed by atoms with E-state index in [4.69, 9.17) is 0 Å². The second-order valence-corrected chi connectivity index (χ2v) is 8.54. The first kappa shape index (κ1) is 19.0. The molecular weight excluding hydrogens is 378 g/mol. The third-order valence-electron chi connectivity index (χ3n) is 6.63. The summed E-state index contributed by atoms with van der Waals surface area (Å²) in [6, 6.07) is 7.32. The average molecular weight is 406 g/mol. The van der Waals surface area contributed by atoms with Crippen LogP contribution < -0.4 is 5.69 Å². The maximum Gasteiger partial charge on any atom is 0.330 e. The zero-order valence-corrected chi connectivity index (χ0v) is 17.1. The van der Waals surface area contributed by atoms with Crippen molar-refractivity contribution < 1.29 is 4.79 Å². The maximum absolute atomic E-state index is 13.5. The summed E-state index contributed by atoms with van der Waals surface area (Å²) in [4.78, 5) is 36.7. The average Bonchev–Trinajstić information content (AvgIpc) is 3.38. The number of aromatic nitrogens is 4. The predicted molar refractivity (Wildman–Crippen MR) is 114 cm³/mol. The van der Waals surface area contributed by atoms with Gasteiger partial charge in [-0.25, -0.2) is 9.78 Å². The monoisotopic (exact) mass is 405 g/mol. The third kappa shape index (κ3) is 3.42. The van der Waals surface area contributed by atoms with Crippen LogP contribution in [-0.4, -0.2) is 43.0 Å². The fourth-order valence-corrected chi connectivity index (χ4v) is 5.06. The zero-order valence-electron chi connectivity index (χ0n) is 17.1. The second kappa shape index (κ2) is 8.05. The van der Waals surface area contributed by atoms with Gasteiger partial charge in [-0.1, -0.05) is 19.3 Å². The van der Waals surface area contributed by atoms with Crippen LogP contribution in [0.15, 0.2) is 47.7 Å². The zero-order chi connectivity index (χ0) is 20.5. The molecule has 1 saturated heterocycles. The van der Waals surface area contributed by atoms with Gasteiger partial charge >= 0.3 is 5.69 Å². The highest BCUT2D eigenvalue weighted by atomic mass is 16.2. The summed E-state index contributed by atoms with van der Waals surface area (Å²) in [7, 11) is 0. The number of pyridine rings is 2. The second-order valence-electron chi connectivity index (χ2n) is 8.54. The van der Waals surface area contributed by atoms with E-state index in [1.54, 1.807) is 30.7 Å². The van der Waals surface area contributed by atoms with E-state index in [9.17, 15) is 9.59 Å². The molecule has 0 unspecified atom stereocenters. The van der Waals surface area contributed by atoms with E-state index in [1.165, 1.54) is 32.1 Å². The Morgan fingerprint density at radius 3 is 2.63 bits per heavy atom. The van der Waals surface area contributed by atoms with Gasteiger partial charge in [0, 0.05) is 43.8 Å². The smallest absolute Gasteiger partial charge is 0.330 e. The number of carbonyl (C=O) groups excluding carboxylic acids is 1. The van der Waals surface area contributed by atoms with Gasteiger partial charge in [0.2, 0.25) is 0 Å². The minimum absolute atomic E-state index is 0.00754. The van der Waals surface area contributed by atoms with Crippen LogP contribution in [0.1, 0.15) is 54.9 Å². The number of carbonyl (C=O) groups is 1. The van der Waals surface area contributed by atoms with E-state index in [0.29, 0.717) is 24.6 Å². The highest BCUT2D eigenvalue weighted by molar-refractivity contribution is 5.94. The van der Waals surface area contributed by atoms with Crippen molar-refractivity contribution in [2.24, 2.45) is 5.92 Å². The van der Waals surface area contributed by atoms with Crippen molar-refractivity contribution >= 4 is 17.1 Å². The molecule has 5 rings (SSSR count). The van der Waals surface area contributed by atoms with Crippen LogP contribution in [0.25, 0.3) is 11.2 Å². The Labute approximate surface area is 175 Å². The highest BCUT2D eigenvalue weighted by Gasteiger charge is 2.31. The molecule has 4 heterocycles. The fraction of sp³-hybridized carbons (Fsp3) is 0.478. The van der Waals surface area contributed by atoms with Crippen LogP contribution in [-0.2, 0) is 6.54 Å². The first-order chi connectivity index (χ1) is 14.7. The van der Waals surface area contributed by atoms with Crippen LogP contribution in [0.2, 0.25) is 0 Å². The molecule has 1 aliphatic carbocycles. The van der Waals surface area contributed by atoms with Gasteiger partial charge in [-0.3, -0.25) is 18.9 Å². The van der Waals surface area contributed by atoms with Gasteiger partial charge in [0.15, 0.2) is 5.65 Å². The molecule has 3 aromatic rings. The molecule has 1 aliphatic heterocycles. The van der Waals surface area contributed by atoms with Crippen molar-refractivity contribution in [2.75, 3.05) is 13.1 Å². The summed E-state index contributed by atoms with van der Waals surface area (Å²) in [6.45, 7) is 1.93. The molecule has 30 heavy (non-hydrogen) atoms. The lowest BCUT2D eigenvalue weighted by Crippen LogP contribution is -2.33. The number of nitrogens with zero attached hydrogens (tertiary/aromatic N) is 5. The van der Waals surface area contributed by atoms with E-state index in [1.807, 2.05) is 26.2 Å². The minimum Gasteiger partial charge on any atom is -0.336 e. The van der Waals surface area contributed by atoms with Gasteiger partial charge in [-0.05, 0) is 49.4 Å². The van der Waals surface area contributed by atoms with Gasteiger partial charge < -0.3 is 4.90 Å². The van der Waals surface area contributed by atoms with Crippen LogP contribution in [0.5, 0.6) is 0 Å². The molecule has 1 saturated carbocycles. The van der Waals surface area contributed by atoms with E-state index >= 15 is 0 Å². The summed E-state index contributed by atoms with van der Waals surface area (Å²) in [5.41, 5.74) is 2.29. The van der Waals surface area contributed by atoms with E-state index in [-0.39, 0.29) is 17.6 Å². The summed E-state index contributed by atoms with van der Waals surface area (Å²) < 4.78 is 3.75. The summed E-state index contributed by atoms with van der Waals surface area (Å²) in [6.07, 6.45) is 12.0. The van der Waals surface area contributed by atoms with Crippen LogP contribution in [0, 0.1) is 5.92 Å². The van der Waals surface area contributed by atoms with Crippen LogP contribution in [0.4, 0.5) is 0 Å². The van der Waals surface area contributed by atoms with Gasteiger partial charge in [0.05, 0.1) is 11.6 Å². The number of likely N-dealkylation sites (tertiary alicyclic amines) is 1. The van der Waals surface area contributed by atoms with E-state index < -0.39 is 0 Å². The number of amides is 1. The van der Waals surface area contributed by atoms with Gasteiger partial charge in [0.1, 0.15) is 0 Å². The topological polar surface area (TPSA) is 73.0 Å². The van der Waals surface area contributed by atoms with E-state index in [2.05, 4.69) is 9.97 Å². The minimum atomic E-state index is -0.0479. The molecule has 0 N–H and O–H groups in total. The molecule has 156 valence electrons. The number of imidazole rings is 1. The van der Waals surface area contributed by atoms with Crippen LogP contribution >= 0.6 is 0 Å². The third-order valence-corrected chi connectivity index (χ3v) is 6.63. The first-order valence-electron chi connectivity index (χ1n) is 11.0. The van der Waals surface area contributed by atoms with Crippen LogP contribution in [0.3, 0.4) is 0 Å². The van der Waals surface area contributed by atoms with Crippen molar-refractivity contribution in [2.45, 2.75) is 51.1 Å². The molecule has 1 amide bonds. The lowest BCUT2D eigenvalue weighted by atomic mass is 9.89. The van der Waals surface area contributed by atoms with Crippen molar-refractivity contribution in [1.29, 1.82) is 0 Å². The molecule has 7 nitrogen and oxygen atoms in total. The largest absolute Gasteiger partial charge is 0.336 e. The Morgan fingerprint density at radius 2 is 1.83 bits per heavy atom. The molecule has 7 heteroatoms. The molecule has 2 fully saturated rings. The Hall–Kier alpha value is -2.96. The van der Waals surface area contributed by atoms with Crippen molar-refractivity contribution in [1.82, 2.24) is 24.0 Å². The molecule has 0 bridgehead atoms. The fourth-order valence-electron chi connectivity index (χ4n) is 5.06. The molecule has 0 spiro atoms. The van der Waals surface area contributed by atoms with Crippen molar-refractivity contribution in [3.8, 4) is 0 Å². The summed E-state index contributed by atoms with van der Waals surface area (Å²) in [5.74, 6) is 0.552. The lowest BCUT2D eigenvalue weighted by molar-refractivity contribution is 0.0787. The normalized spacial score (nSPS) is 20.1. The predicted octanol–water partition coefficient (Wildman–Crippen LogP) is 3.26. The number of rotatable bonds is 4. The summed E-state index contributed by atoms with van der Waals surface area (Å²) in [5, 5.41) is 0. The SMILES string of the molecule is O=C(c1ccncc1)N1CC[C@@H](n2c(=O)n(CC3CCCCC3)c3cccnc32)C1.